The highest BCUT2D eigenvalue weighted by molar-refractivity contribution is 6.02. The number of aromatic nitrogens is 2. The number of nitrogens with zero attached hydrogens (tertiary/aromatic N) is 2. The van der Waals surface area contributed by atoms with Crippen molar-refractivity contribution in [2.75, 3.05) is 0 Å². The lowest BCUT2D eigenvalue weighted by Gasteiger charge is -2.30. The Kier molecular flexibility index (Phi) is 3.31. The molecule has 166 valence electrons. The summed E-state index contributed by atoms with van der Waals surface area (Å²) in [6.07, 6.45) is 4.78. The zero-order valence-electron chi connectivity index (χ0n) is 19.5. The van der Waals surface area contributed by atoms with E-state index in [1.165, 1.54) is 66.6 Å². The normalized spacial score (nSPS) is 17.4. The predicted molar refractivity (Wildman–Crippen MR) is 144 cm³/mol. The summed E-state index contributed by atoms with van der Waals surface area (Å²) >= 11 is 0. The Bertz CT molecular complexity index is 1890. The van der Waals surface area contributed by atoms with Crippen LogP contribution in [0.3, 0.4) is 0 Å². The first-order valence-electron chi connectivity index (χ1n) is 12.6. The first-order chi connectivity index (χ1) is 17.9. The van der Waals surface area contributed by atoms with Crippen molar-refractivity contribution < 1.29 is 0 Å². The van der Waals surface area contributed by atoms with Crippen molar-refractivity contribution in [2.24, 2.45) is 0 Å². The first-order valence-corrected chi connectivity index (χ1v) is 12.6. The lowest BCUT2D eigenvalue weighted by Crippen LogP contribution is -2.26. The minimum absolute atomic E-state index is 0.337. The van der Waals surface area contributed by atoms with Crippen LogP contribution in [0.25, 0.3) is 44.4 Å². The monoisotopic (exact) mass is 456 g/mol. The van der Waals surface area contributed by atoms with Gasteiger partial charge in [0.15, 0.2) is 0 Å². The van der Waals surface area contributed by atoms with E-state index in [9.17, 15) is 0 Å². The molecule has 1 unspecified atom stereocenters. The Morgan fingerprint density at radius 3 is 2.19 bits per heavy atom. The Balaban J connectivity index is 1.43. The molecule has 36 heavy (non-hydrogen) atoms. The van der Waals surface area contributed by atoms with Gasteiger partial charge in [-0.1, -0.05) is 78.9 Å². The van der Waals surface area contributed by atoms with E-state index < -0.39 is 0 Å². The SMILES string of the molecule is c1ccc2c(c1)-c1cc3c(cc1C21c2ccccc2-c2ncccc21)Cc1ccc2cccnc2c1-3. The van der Waals surface area contributed by atoms with Gasteiger partial charge in [0.2, 0.25) is 0 Å². The van der Waals surface area contributed by atoms with Gasteiger partial charge in [0, 0.05) is 28.9 Å². The van der Waals surface area contributed by atoms with Crippen molar-refractivity contribution in [3.8, 4) is 33.5 Å². The zero-order valence-corrected chi connectivity index (χ0v) is 19.5. The average molecular weight is 457 g/mol. The molecule has 6 aromatic rings. The summed E-state index contributed by atoms with van der Waals surface area (Å²) in [6.45, 7) is 0. The van der Waals surface area contributed by atoms with Crippen LogP contribution in [0.5, 0.6) is 0 Å². The molecule has 3 aliphatic carbocycles. The lowest BCUT2D eigenvalue weighted by molar-refractivity contribution is 0.790. The molecular weight excluding hydrogens is 436 g/mol. The van der Waals surface area contributed by atoms with Crippen molar-refractivity contribution in [1.82, 2.24) is 9.97 Å². The fraction of sp³-hybridized carbons (Fsp3) is 0.0588. The lowest BCUT2D eigenvalue weighted by atomic mass is 9.70. The third kappa shape index (κ3) is 2.02. The van der Waals surface area contributed by atoms with Gasteiger partial charge in [-0.15, -0.1) is 0 Å². The number of fused-ring (bicyclic) bond motifs is 15. The van der Waals surface area contributed by atoms with Gasteiger partial charge in [-0.2, -0.15) is 0 Å². The minimum Gasteiger partial charge on any atom is -0.256 e. The fourth-order valence-electron chi connectivity index (χ4n) is 7.25. The molecule has 4 aromatic carbocycles. The van der Waals surface area contributed by atoms with Crippen LogP contribution in [0.2, 0.25) is 0 Å². The highest BCUT2D eigenvalue weighted by atomic mass is 14.7. The standard InChI is InChI=1S/C34H20N2/c1-3-10-27-23(8-1)26-19-25-22(17-21-14-13-20-7-5-15-35-32(20)31(21)25)18-30(26)34(27)28-11-4-2-9-24(28)33-29(34)12-6-16-36-33/h1-16,18-19H,17H2. The smallest absolute Gasteiger partial charge is 0.0783 e. The summed E-state index contributed by atoms with van der Waals surface area (Å²) in [6, 6.07) is 35.8. The molecular formula is C34H20N2. The van der Waals surface area contributed by atoms with Crippen molar-refractivity contribution in [1.29, 1.82) is 0 Å². The van der Waals surface area contributed by atoms with Gasteiger partial charge in [0.05, 0.1) is 16.6 Å². The molecule has 0 bridgehead atoms. The second kappa shape index (κ2) is 6.35. The van der Waals surface area contributed by atoms with Crippen molar-refractivity contribution in [3.05, 3.63) is 143 Å². The summed E-state index contributed by atoms with van der Waals surface area (Å²) in [7, 11) is 0. The molecule has 0 N–H and O–H groups in total. The maximum absolute atomic E-state index is 4.90. The van der Waals surface area contributed by atoms with E-state index in [-0.39, 0.29) is 5.41 Å². The van der Waals surface area contributed by atoms with Gasteiger partial charge in [0.1, 0.15) is 0 Å². The van der Waals surface area contributed by atoms with Crippen molar-refractivity contribution >= 4 is 10.9 Å². The van der Waals surface area contributed by atoms with E-state index in [1.54, 1.807) is 0 Å². The largest absolute Gasteiger partial charge is 0.256 e. The molecule has 0 saturated carbocycles. The summed E-state index contributed by atoms with van der Waals surface area (Å²) in [5, 5.41) is 1.20. The van der Waals surface area contributed by atoms with Gasteiger partial charge in [0.25, 0.3) is 0 Å². The quantitative estimate of drug-likeness (QED) is 0.235. The van der Waals surface area contributed by atoms with Crippen molar-refractivity contribution in [3.63, 3.8) is 0 Å². The molecule has 2 heteroatoms. The molecule has 0 amide bonds. The van der Waals surface area contributed by atoms with Gasteiger partial charge >= 0.3 is 0 Å². The molecule has 0 aliphatic heterocycles. The maximum atomic E-state index is 4.90. The molecule has 2 heterocycles. The predicted octanol–water partition coefficient (Wildman–Crippen LogP) is 7.54. The van der Waals surface area contributed by atoms with E-state index in [0.29, 0.717) is 0 Å². The molecule has 1 spiro atoms. The summed E-state index contributed by atoms with van der Waals surface area (Å²) in [5.74, 6) is 0. The Hall–Kier alpha value is -4.56. The highest BCUT2D eigenvalue weighted by Gasteiger charge is 2.52. The molecule has 9 rings (SSSR count). The molecule has 2 nitrogen and oxygen atoms in total. The third-order valence-corrected chi connectivity index (χ3v) is 8.58. The second-order valence-corrected chi connectivity index (χ2v) is 10.1. The molecule has 0 radical (unpaired) electrons. The van der Waals surface area contributed by atoms with E-state index in [0.717, 1.165) is 17.6 Å². The van der Waals surface area contributed by atoms with Crippen LogP contribution in [0.1, 0.15) is 33.4 Å². The van der Waals surface area contributed by atoms with E-state index in [1.807, 2.05) is 18.5 Å². The molecule has 3 aliphatic rings. The highest BCUT2D eigenvalue weighted by Crippen LogP contribution is 2.63. The van der Waals surface area contributed by atoms with Crippen LogP contribution in [0.4, 0.5) is 0 Å². The van der Waals surface area contributed by atoms with Crippen LogP contribution in [0.15, 0.2) is 109 Å². The minimum atomic E-state index is -0.337. The van der Waals surface area contributed by atoms with E-state index >= 15 is 0 Å². The van der Waals surface area contributed by atoms with Crippen LogP contribution in [-0.4, -0.2) is 9.97 Å². The van der Waals surface area contributed by atoms with E-state index in [4.69, 9.17) is 9.97 Å². The molecule has 0 saturated heterocycles. The molecule has 0 fully saturated rings. The first kappa shape index (κ1) is 18.7. The zero-order chi connectivity index (χ0) is 23.4. The molecule has 2 aromatic heterocycles. The summed E-state index contributed by atoms with van der Waals surface area (Å²) in [5.41, 5.74) is 16.5. The Morgan fingerprint density at radius 1 is 0.528 bits per heavy atom. The average Bonchev–Trinajstić information content (AvgIpc) is 3.55. The number of rotatable bonds is 0. The summed E-state index contributed by atoms with van der Waals surface area (Å²) < 4.78 is 0. The van der Waals surface area contributed by atoms with Gasteiger partial charge < -0.3 is 0 Å². The Labute approximate surface area is 208 Å². The van der Waals surface area contributed by atoms with Crippen molar-refractivity contribution in [2.45, 2.75) is 11.8 Å². The van der Waals surface area contributed by atoms with Gasteiger partial charge in [-0.3, -0.25) is 9.97 Å². The third-order valence-electron chi connectivity index (χ3n) is 8.58. The number of pyridine rings is 2. The summed E-state index contributed by atoms with van der Waals surface area (Å²) in [4.78, 5) is 9.71. The van der Waals surface area contributed by atoms with Gasteiger partial charge in [-0.05, 0) is 74.7 Å². The van der Waals surface area contributed by atoms with Gasteiger partial charge in [-0.25, -0.2) is 0 Å². The second-order valence-electron chi connectivity index (χ2n) is 10.1. The maximum Gasteiger partial charge on any atom is 0.0783 e. The van der Waals surface area contributed by atoms with Crippen LogP contribution in [-0.2, 0) is 11.8 Å². The topological polar surface area (TPSA) is 25.8 Å². The van der Waals surface area contributed by atoms with Crippen LogP contribution in [0, 0.1) is 0 Å². The fourth-order valence-corrected chi connectivity index (χ4v) is 7.25. The van der Waals surface area contributed by atoms with Crippen LogP contribution >= 0.6 is 0 Å². The molecule has 1 atom stereocenters. The number of hydrogen-bond donors (Lipinski definition) is 0. The van der Waals surface area contributed by atoms with Crippen LogP contribution < -0.4 is 0 Å². The Morgan fingerprint density at radius 2 is 1.28 bits per heavy atom. The van der Waals surface area contributed by atoms with E-state index in [2.05, 4.69) is 91.0 Å². The number of hydrogen-bond acceptors (Lipinski definition) is 2. The number of benzene rings is 4.